The van der Waals surface area contributed by atoms with Crippen LogP contribution in [0.15, 0.2) is 42.7 Å². The first kappa shape index (κ1) is 16.4. The Labute approximate surface area is 141 Å². The van der Waals surface area contributed by atoms with Crippen LogP contribution in [0.5, 0.6) is 5.75 Å². The number of ether oxygens (including phenoxy) is 1. The third-order valence-electron chi connectivity index (χ3n) is 3.64. The monoisotopic (exact) mass is 350 g/mol. The predicted octanol–water partition coefficient (Wildman–Crippen LogP) is 4.10. The standard InChI is InChI=1S/C17H13ClF2N2O2/c1-24-9-5-6-10(11(18)7-9)17(23)16-15(21-8-22-16)14-12(19)3-2-4-13(14)20/h2-8,17,23H,1H3,(H,21,22). The van der Waals surface area contributed by atoms with Crippen LogP contribution in [0.4, 0.5) is 8.78 Å². The van der Waals surface area contributed by atoms with Crippen molar-refractivity contribution in [2.45, 2.75) is 6.10 Å². The molecule has 0 bridgehead atoms. The van der Waals surface area contributed by atoms with Crippen molar-refractivity contribution in [3.63, 3.8) is 0 Å². The Bertz CT molecular complexity index is 863. The number of aromatic nitrogens is 2. The Hall–Kier alpha value is -2.44. The maximum atomic E-state index is 14.0. The van der Waals surface area contributed by atoms with Crippen molar-refractivity contribution >= 4 is 11.6 Å². The number of nitrogens with one attached hydrogen (secondary N) is 1. The molecule has 2 N–H and O–H groups in total. The molecule has 0 aliphatic rings. The third-order valence-corrected chi connectivity index (χ3v) is 3.97. The summed E-state index contributed by atoms with van der Waals surface area (Å²) in [4.78, 5) is 6.68. The van der Waals surface area contributed by atoms with E-state index in [2.05, 4.69) is 9.97 Å². The Kier molecular flexibility index (Phi) is 4.51. The van der Waals surface area contributed by atoms with Crippen molar-refractivity contribution in [2.75, 3.05) is 7.11 Å². The van der Waals surface area contributed by atoms with Gasteiger partial charge >= 0.3 is 0 Å². The average Bonchev–Trinajstić information content (AvgIpc) is 3.03. The largest absolute Gasteiger partial charge is 0.497 e. The smallest absolute Gasteiger partial charge is 0.135 e. The fourth-order valence-corrected chi connectivity index (χ4v) is 2.72. The molecule has 1 aromatic heterocycles. The predicted molar refractivity (Wildman–Crippen MR) is 86.0 cm³/mol. The van der Waals surface area contributed by atoms with E-state index in [9.17, 15) is 13.9 Å². The van der Waals surface area contributed by atoms with Crippen molar-refractivity contribution in [1.82, 2.24) is 9.97 Å². The van der Waals surface area contributed by atoms with E-state index in [-0.39, 0.29) is 22.0 Å². The molecule has 0 saturated heterocycles. The number of halogens is 3. The van der Waals surface area contributed by atoms with E-state index in [0.717, 1.165) is 12.1 Å². The molecular formula is C17H13ClF2N2O2. The van der Waals surface area contributed by atoms with Gasteiger partial charge in [0.25, 0.3) is 0 Å². The molecule has 7 heteroatoms. The number of aliphatic hydroxyl groups excluding tert-OH is 1. The molecule has 0 saturated carbocycles. The average molecular weight is 351 g/mol. The normalized spacial score (nSPS) is 12.2. The number of benzene rings is 2. The summed E-state index contributed by atoms with van der Waals surface area (Å²) in [6, 6.07) is 8.27. The summed E-state index contributed by atoms with van der Waals surface area (Å²) in [5, 5.41) is 10.9. The number of methoxy groups -OCH3 is 1. The van der Waals surface area contributed by atoms with Crippen molar-refractivity contribution in [3.05, 3.63) is 70.6 Å². The van der Waals surface area contributed by atoms with Gasteiger partial charge in [-0.3, -0.25) is 0 Å². The van der Waals surface area contributed by atoms with Gasteiger partial charge in [0, 0.05) is 5.56 Å². The fourth-order valence-electron chi connectivity index (χ4n) is 2.45. The van der Waals surface area contributed by atoms with Crippen molar-refractivity contribution in [1.29, 1.82) is 0 Å². The van der Waals surface area contributed by atoms with Gasteiger partial charge in [-0.05, 0) is 24.3 Å². The first-order valence-electron chi connectivity index (χ1n) is 7.02. The number of hydrogen-bond acceptors (Lipinski definition) is 3. The summed E-state index contributed by atoms with van der Waals surface area (Å²) in [7, 11) is 1.50. The lowest BCUT2D eigenvalue weighted by atomic mass is 10.0. The minimum absolute atomic E-state index is 0.00927. The second-order valence-corrected chi connectivity index (χ2v) is 5.46. The van der Waals surface area contributed by atoms with Gasteiger partial charge in [-0.15, -0.1) is 0 Å². The second-order valence-electron chi connectivity index (χ2n) is 5.05. The molecule has 24 heavy (non-hydrogen) atoms. The number of hydrogen-bond donors (Lipinski definition) is 2. The lowest BCUT2D eigenvalue weighted by molar-refractivity contribution is 0.216. The quantitative estimate of drug-likeness (QED) is 0.744. The zero-order chi connectivity index (χ0) is 17.3. The molecule has 1 unspecified atom stereocenters. The van der Waals surface area contributed by atoms with E-state index < -0.39 is 17.7 Å². The van der Waals surface area contributed by atoms with Gasteiger partial charge in [-0.25, -0.2) is 13.8 Å². The fraction of sp³-hybridized carbons (Fsp3) is 0.118. The highest BCUT2D eigenvalue weighted by molar-refractivity contribution is 6.31. The number of aromatic amines is 1. The highest BCUT2D eigenvalue weighted by atomic mass is 35.5. The van der Waals surface area contributed by atoms with Gasteiger partial charge in [0.2, 0.25) is 0 Å². The SMILES string of the molecule is COc1ccc(C(O)c2[nH]cnc2-c2c(F)cccc2F)c(Cl)c1. The third kappa shape index (κ3) is 2.86. The van der Waals surface area contributed by atoms with Crippen LogP contribution in [-0.2, 0) is 0 Å². The minimum atomic E-state index is -1.24. The van der Waals surface area contributed by atoms with Gasteiger partial charge in [0.1, 0.15) is 29.2 Å². The summed E-state index contributed by atoms with van der Waals surface area (Å²) in [6.07, 6.45) is 0.0249. The van der Waals surface area contributed by atoms with Crippen molar-refractivity contribution < 1.29 is 18.6 Å². The van der Waals surface area contributed by atoms with Crippen LogP contribution in [0.1, 0.15) is 17.4 Å². The lowest BCUT2D eigenvalue weighted by Gasteiger charge is -2.14. The molecule has 1 heterocycles. The number of nitrogens with zero attached hydrogens (tertiary/aromatic N) is 1. The van der Waals surface area contributed by atoms with Crippen LogP contribution in [0.3, 0.4) is 0 Å². The van der Waals surface area contributed by atoms with E-state index in [4.69, 9.17) is 16.3 Å². The van der Waals surface area contributed by atoms with E-state index in [0.29, 0.717) is 11.3 Å². The first-order valence-corrected chi connectivity index (χ1v) is 7.40. The highest BCUT2D eigenvalue weighted by Crippen LogP contribution is 2.35. The number of imidazole rings is 1. The molecule has 0 aliphatic heterocycles. The van der Waals surface area contributed by atoms with Crippen LogP contribution in [0.2, 0.25) is 5.02 Å². The van der Waals surface area contributed by atoms with Crippen molar-refractivity contribution in [3.8, 4) is 17.0 Å². The van der Waals surface area contributed by atoms with Crippen LogP contribution in [0, 0.1) is 11.6 Å². The van der Waals surface area contributed by atoms with E-state index in [1.54, 1.807) is 18.2 Å². The molecule has 2 aromatic carbocycles. The van der Waals surface area contributed by atoms with Crippen LogP contribution >= 0.6 is 11.6 Å². The summed E-state index contributed by atoms with van der Waals surface area (Å²) in [5.41, 5.74) is 0.188. The molecule has 0 radical (unpaired) electrons. The second kappa shape index (κ2) is 6.59. The number of H-pyrrole nitrogens is 1. The molecular weight excluding hydrogens is 338 g/mol. The Balaban J connectivity index is 2.08. The molecule has 124 valence electrons. The van der Waals surface area contributed by atoms with Gasteiger partial charge in [0.05, 0.1) is 29.7 Å². The highest BCUT2D eigenvalue weighted by Gasteiger charge is 2.24. The Morgan fingerprint density at radius 3 is 2.54 bits per heavy atom. The van der Waals surface area contributed by atoms with Gasteiger partial charge in [0.15, 0.2) is 0 Å². The summed E-state index contributed by atoms with van der Waals surface area (Å²) < 4.78 is 33.1. The van der Waals surface area contributed by atoms with E-state index in [1.807, 2.05) is 0 Å². The molecule has 0 fully saturated rings. The molecule has 3 rings (SSSR count). The number of aliphatic hydroxyl groups is 1. The summed E-state index contributed by atoms with van der Waals surface area (Å²) in [6.45, 7) is 0. The van der Waals surface area contributed by atoms with Crippen LogP contribution in [0.25, 0.3) is 11.3 Å². The molecule has 0 spiro atoms. The lowest BCUT2D eigenvalue weighted by Crippen LogP contribution is -2.04. The van der Waals surface area contributed by atoms with Crippen LogP contribution in [-0.4, -0.2) is 22.2 Å². The minimum Gasteiger partial charge on any atom is -0.497 e. The molecule has 4 nitrogen and oxygen atoms in total. The molecule has 0 amide bonds. The summed E-state index contributed by atoms with van der Waals surface area (Å²) in [5.74, 6) is -1.01. The Morgan fingerprint density at radius 1 is 1.21 bits per heavy atom. The van der Waals surface area contributed by atoms with Gasteiger partial charge < -0.3 is 14.8 Å². The molecule has 3 aromatic rings. The van der Waals surface area contributed by atoms with Crippen molar-refractivity contribution in [2.24, 2.45) is 0 Å². The number of rotatable bonds is 4. The maximum Gasteiger partial charge on any atom is 0.135 e. The molecule has 0 aliphatic carbocycles. The zero-order valence-corrected chi connectivity index (χ0v) is 13.3. The molecule has 1 atom stereocenters. The summed E-state index contributed by atoms with van der Waals surface area (Å²) >= 11 is 6.16. The van der Waals surface area contributed by atoms with Gasteiger partial charge in [-0.1, -0.05) is 23.7 Å². The van der Waals surface area contributed by atoms with Crippen LogP contribution < -0.4 is 4.74 Å². The van der Waals surface area contributed by atoms with Gasteiger partial charge in [-0.2, -0.15) is 0 Å². The topological polar surface area (TPSA) is 58.1 Å². The van der Waals surface area contributed by atoms with E-state index in [1.165, 1.54) is 19.5 Å². The zero-order valence-electron chi connectivity index (χ0n) is 12.6. The Morgan fingerprint density at radius 2 is 1.92 bits per heavy atom. The first-order chi connectivity index (χ1) is 11.5. The van der Waals surface area contributed by atoms with E-state index >= 15 is 0 Å². The maximum absolute atomic E-state index is 14.0.